The van der Waals surface area contributed by atoms with Crippen molar-refractivity contribution in [3.63, 3.8) is 0 Å². The molecule has 0 N–H and O–H groups in total. The van der Waals surface area contributed by atoms with Gasteiger partial charge in [0, 0.05) is 31.0 Å². The molecule has 28 heavy (non-hydrogen) atoms. The number of pyridine rings is 1. The summed E-state index contributed by atoms with van der Waals surface area (Å²) in [7, 11) is 0. The summed E-state index contributed by atoms with van der Waals surface area (Å²) < 4.78 is 0. The molecule has 1 amide bonds. The highest BCUT2D eigenvalue weighted by Gasteiger charge is 2.31. The Bertz CT molecular complexity index is 953. The van der Waals surface area contributed by atoms with Gasteiger partial charge in [0.1, 0.15) is 5.82 Å². The Morgan fingerprint density at radius 1 is 1.07 bits per heavy atom. The molecule has 142 valence electrons. The SMILES string of the molecule is CCN(Cc1ccccc1)c1ccc(C(=O)N2c3ccccc3CC2C)cn1. The van der Waals surface area contributed by atoms with Crippen molar-refractivity contribution in [2.45, 2.75) is 32.9 Å². The summed E-state index contributed by atoms with van der Waals surface area (Å²) in [5, 5.41) is 0. The van der Waals surface area contributed by atoms with E-state index in [1.807, 2.05) is 53.4 Å². The number of hydrogen-bond donors (Lipinski definition) is 0. The monoisotopic (exact) mass is 371 g/mol. The molecule has 0 spiro atoms. The minimum Gasteiger partial charge on any atom is -0.353 e. The molecule has 0 bridgehead atoms. The molecule has 0 saturated carbocycles. The zero-order valence-electron chi connectivity index (χ0n) is 16.4. The van der Waals surface area contributed by atoms with Gasteiger partial charge in [0.25, 0.3) is 5.91 Å². The third-order valence-corrected chi connectivity index (χ3v) is 5.34. The average molecular weight is 371 g/mol. The molecule has 0 aliphatic carbocycles. The molecule has 1 aliphatic rings. The summed E-state index contributed by atoms with van der Waals surface area (Å²) in [6.45, 7) is 5.87. The number of benzene rings is 2. The van der Waals surface area contributed by atoms with E-state index in [2.05, 4.69) is 41.9 Å². The fourth-order valence-corrected chi connectivity index (χ4v) is 3.87. The van der Waals surface area contributed by atoms with Gasteiger partial charge in [-0.2, -0.15) is 0 Å². The minimum absolute atomic E-state index is 0.0163. The Morgan fingerprint density at radius 2 is 1.82 bits per heavy atom. The van der Waals surface area contributed by atoms with Gasteiger partial charge in [-0.05, 0) is 49.6 Å². The van der Waals surface area contributed by atoms with Crippen molar-refractivity contribution in [3.05, 3.63) is 89.6 Å². The predicted molar refractivity (Wildman–Crippen MR) is 114 cm³/mol. The topological polar surface area (TPSA) is 36.4 Å². The number of fused-ring (bicyclic) bond motifs is 1. The predicted octanol–water partition coefficient (Wildman–Crippen LogP) is 4.70. The molecule has 4 nitrogen and oxygen atoms in total. The van der Waals surface area contributed by atoms with Gasteiger partial charge in [-0.15, -0.1) is 0 Å². The number of rotatable bonds is 5. The summed E-state index contributed by atoms with van der Waals surface area (Å²) >= 11 is 0. The summed E-state index contributed by atoms with van der Waals surface area (Å²) in [4.78, 5) is 21.8. The lowest BCUT2D eigenvalue weighted by atomic mass is 10.1. The number of amides is 1. The van der Waals surface area contributed by atoms with Crippen LogP contribution in [0.5, 0.6) is 0 Å². The second-order valence-corrected chi connectivity index (χ2v) is 7.26. The van der Waals surface area contributed by atoms with E-state index in [4.69, 9.17) is 0 Å². The maximum Gasteiger partial charge on any atom is 0.260 e. The molecule has 0 fully saturated rings. The van der Waals surface area contributed by atoms with Gasteiger partial charge in [0.05, 0.1) is 5.56 Å². The van der Waals surface area contributed by atoms with E-state index < -0.39 is 0 Å². The fraction of sp³-hybridized carbons (Fsp3) is 0.250. The quantitative estimate of drug-likeness (QED) is 0.652. The molecule has 4 rings (SSSR count). The third kappa shape index (κ3) is 3.50. The summed E-state index contributed by atoms with van der Waals surface area (Å²) in [6.07, 6.45) is 2.60. The van der Waals surface area contributed by atoms with Gasteiger partial charge in [0.15, 0.2) is 0 Å². The molecule has 2 aromatic carbocycles. The number of hydrogen-bond acceptors (Lipinski definition) is 3. The number of carbonyl (C=O) groups is 1. The zero-order valence-corrected chi connectivity index (χ0v) is 16.4. The molecule has 1 aromatic heterocycles. The van der Waals surface area contributed by atoms with Gasteiger partial charge >= 0.3 is 0 Å². The van der Waals surface area contributed by atoms with Crippen molar-refractivity contribution in [2.24, 2.45) is 0 Å². The van der Waals surface area contributed by atoms with Gasteiger partial charge < -0.3 is 9.80 Å². The first-order valence-corrected chi connectivity index (χ1v) is 9.83. The molecule has 0 saturated heterocycles. The second-order valence-electron chi connectivity index (χ2n) is 7.26. The maximum atomic E-state index is 13.1. The first-order chi connectivity index (χ1) is 13.7. The molecule has 4 heteroatoms. The number of nitrogens with zero attached hydrogens (tertiary/aromatic N) is 3. The molecule has 0 radical (unpaired) electrons. The number of aromatic nitrogens is 1. The van der Waals surface area contributed by atoms with Crippen LogP contribution in [0.4, 0.5) is 11.5 Å². The average Bonchev–Trinajstić information content (AvgIpc) is 3.08. The van der Waals surface area contributed by atoms with Crippen molar-refractivity contribution < 1.29 is 4.79 Å². The van der Waals surface area contributed by atoms with Crippen LogP contribution in [0.15, 0.2) is 72.9 Å². The Kier molecular flexibility index (Phi) is 5.11. The first kappa shape index (κ1) is 18.2. The minimum atomic E-state index is 0.0163. The highest BCUT2D eigenvalue weighted by Crippen LogP contribution is 2.33. The number of carbonyl (C=O) groups excluding carboxylic acids is 1. The number of anilines is 2. The third-order valence-electron chi connectivity index (χ3n) is 5.34. The molecule has 1 aliphatic heterocycles. The highest BCUT2D eigenvalue weighted by molar-refractivity contribution is 6.07. The standard InChI is InChI=1S/C24H25N3O/c1-3-26(17-19-9-5-4-6-10-19)23-14-13-21(16-25-23)24(28)27-18(2)15-20-11-7-8-12-22(20)27/h4-14,16,18H,3,15,17H2,1-2H3. The van der Waals surface area contributed by atoms with E-state index in [9.17, 15) is 4.79 Å². The van der Waals surface area contributed by atoms with Crippen molar-refractivity contribution in [3.8, 4) is 0 Å². The number of para-hydroxylation sites is 1. The molecule has 3 aromatic rings. The van der Waals surface area contributed by atoms with E-state index in [1.165, 1.54) is 11.1 Å². The highest BCUT2D eigenvalue weighted by atomic mass is 16.2. The van der Waals surface area contributed by atoms with Crippen LogP contribution in [-0.4, -0.2) is 23.5 Å². The summed E-state index contributed by atoms with van der Waals surface area (Å²) in [5.74, 6) is 0.903. The van der Waals surface area contributed by atoms with Crippen molar-refractivity contribution in [1.82, 2.24) is 4.98 Å². The van der Waals surface area contributed by atoms with Gasteiger partial charge in [0.2, 0.25) is 0 Å². The van der Waals surface area contributed by atoms with Gasteiger partial charge in [-0.25, -0.2) is 4.98 Å². The Morgan fingerprint density at radius 3 is 2.54 bits per heavy atom. The lowest BCUT2D eigenvalue weighted by molar-refractivity contribution is 0.0981. The van der Waals surface area contributed by atoms with Crippen LogP contribution in [0.25, 0.3) is 0 Å². The van der Waals surface area contributed by atoms with Crippen molar-refractivity contribution in [1.29, 1.82) is 0 Å². The molecule has 1 atom stereocenters. The zero-order chi connectivity index (χ0) is 19.5. The van der Waals surface area contributed by atoms with E-state index in [0.29, 0.717) is 5.56 Å². The first-order valence-electron chi connectivity index (χ1n) is 9.83. The lowest BCUT2D eigenvalue weighted by Gasteiger charge is -2.24. The van der Waals surface area contributed by atoms with Crippen molar-refractivity contribution >= 4 is 17.4 Å². The normalized spacial score (nSPS) is 15.4. The molecule has 1 unspecified atom stereocenters. The van der Waals surface area contributed by atoms with E-state index in [1.54, 1.807) is 6.20 Å². The van der Waals surface area contributed by atoms with Crippen LogP contribution in [0.2, 0.25) is 0 Å². The van der Waals surface area contributed by atoms with E-state index in [0.717, 1.165) is 31.0 Å². The van der Waals surface area contributed by atoms with Crippen LogP contribution in [-0.2, 0) is 13.0 Å². The molecular weight excluding hydrogens is 346 g/mol. The van der Waals surface area contributed by atoms with Crippen LogP contribution in [0.1, 0.15) is 35.3 Å². The van der Waals surface area contributed by atoms with Gasteiger partial charge in [-0.3, -0.25) is 4.79 Å². The molecule has 2 heterocycles. The van der Waals surface area contributed by atoms with Crippen LogP contribution in [0.3, 0.4) is 0 Å². The summed E-state index contributed by atoms with van der Waals surface area (Å²) in [5.41, 5.74) is 4.12. The maximum absolute atomic E-state index is 13.1. The Labute approximate surface area is 166 Å². The molecular formula is C24H25N3O. The smallest absolute Gasteiger partial charge is 0.260 e. The fourth-order valence-electron chi connectivity index (χ4n) is 3.87. The van der Waals surface area contributed by atoms with Gasteiger partial charge in [-0.1, -0.05) is 48.5 Å². The second kappa shape index (κ2) is 7.85. The van der Waals surface area contributed by atoms with Crippen molar-refractivity contribution in [2.75, 3.05) is 16.3 Å². The van der Waals surface area contributed by atoms with Crippen LogP contribution < -0.4 is 9.80 Å². The largest absolute Gasteiger partial charge is 0.353 e. The van der Waals surface area contributed by atoms with Crippen LogP contribution >= 0.6 is 0 Å². The lowest BCUT2D eigenvalue weighted by Crippen LogP contribution is -2.35. The van der Waals surface area contributed by atoms with E-state index >= 15 is 0 Å². The van der Waals surface area contributed by atoms with Crippen LogP contribution in [0, 0.1) is 0 Å². The Balaban J connectivity index is 1.53. The summed E-state index contributed by atoms with van der Waals surface area (Å²) in [6, 6.07) is 22.5. The Hall–Kier alpha value is -3.14. The van der Waals surface area contributed by atoms with E-state index in [-0.39, 0.29) is 11.9 Å².